The zero-order valence-corrected chi connectivity index (χ0v) is 14.5. The molecule has 3 rings (SSSR count). The zero-order chi connectivity index (χ0) is 17.3. The number of aliphatic imine (C=N–C) groups is 1. The number of nitro groups is 1. The van der Waals surface area contributed by atoms with Gasteiger partial charge >= 0.3 is 0 Å². The molecule has 1 aromatic heterocycles. The van der Waals surface area contributed by atoms with Gasteiger partial charge in [-0.2, -0.15) is 5.10 Å². The van der Waals surface area contributed by atoms with Crippen LogP contribution < -0.4 is 0 Å². The third-order valence-corrected chi connectivity index (χ3v) is 5.06. The maximum atomic E-state index is 11.9. The van der Waals surface area contributed by atoms with E-state index in [1.165, 1.54) is 0 Å². The molecular formula is C16H16Cl2N4O2. The lowest BCUT2D eigenvalue weighted by molar-refractivity contribution is -0.505. The summed E-state index contributed by atoms with van der Waals surface area (Å²) in [6.45, 7) is 2.04. The van der Waals surface area contributed by atoms with Crippen LogP contribution in [0.15, 0.2) is 29.4 Å². The van der Waals surface area contributed by atoms with Crippen molar-refractivity contribution in [2.24, 2.45) is 4.99 Å². The van der Waals surface area contributed by atoms with Gasteiger partial charge in [0.15, 0.2) is 5.82 Å². The first-order valence-corrected chi connectivity index (χ1v) is 8.48. The second-order valence-electron chi connectivity index (χ2n) is 5.73. The summed E-state index contributed by atoms with van der Waals surface area (Å²) < 4.78 is 0. The van der Waals surface area contributed by atoms with Gasteiger partial charge in [0.2, 0.25) is 0 Å². The van der Waals surface area contributed by atoms with Crippen molar-refractivity contribution in [2.75, 3.05) is 0 Å². The molecule has 0 aliphatic carbocycles. The first-order valence-electron chi connectivity index (χ1n) is 7.72. The van der Waals surface area contributed by atoms with Crippen LogP contribution in [-0.2, 0) is 0 Å². The lowest BCUT2D eigenvalue weighted by atomic mass is 9.81. The van der Waals surface area contributed by atoms with Gasteiger partial charge in [0.05, 0.1) is 27.9 Å². The first kappa shape index (κ1) is 16.9. The molecule has 0 spiro atoms. The van der Waals surface area contributed by atoms with E-state index in [9.17, 15) is 10.1 Å². The summed E-state index contributed by atoms with van der Waals surface area (Å²) in [4.78, 5) is 16.0. The molecule has 0 radical (unpaired) electrons. The third kappa shape index (κ3) is 2.91. The fourth-order valence-corrected chi connectivity index (χ4v) is 3.51. The summed E-state index contributed by atoms with van der Waals surface area (Å²) in [5, 5.41) is 19.4. The minimum atomic E-state index is -0.974. The molecule has 0 saturated heterocycles. The van der Waals surface area contributed by atoms with Crippen LogP contribution in [0.25, 0.3) is 0 Å². The fourth-order valence-electron chi connectivity index (χ4n) is 3.08. The lowest BCUT2D eigenvalue weighted by Gasteiger charge is -2.26. The largest absolute Gasteiger partial charge is 0.264 e. The second kappa shape index (κ2) is 6.91. The number of hydrogen-bond donors (Lipinski definition) is 1. The Kier molecular flexibility index (Phi) is 4.87. The normalized spacial score (nSPS) is 19.7. The molecule has 6 nitrogen and oxygen atoms in total. The van der Waals surface area contributed by atoms with Crippen molar-refractivity contribution in [3.63, 3.8) is 0 Å². The number of fused-ring (bicyclic) bond motifs is 1. The van der Waals surface area contributed by atoms with Gasteiger partial charge in [-0.25, -0.2) is 4.99 Å². The molecule has 0 fully saturated rings. The van der Waals surface area contributed by atoms with Crippen molar-refractivity contribution < 1.29 is 4.92 Å². The highest BCUT2D eigenvalue weighted by Gasteiger charge is 2.44. The summed E-state index contributed by atoms with van der Waals surface area (Å²) in [5.41, 5.74) is 1.83. The van der Waals surface area contributed by atoms with Crippen LogP contribution in [0.2, 0.25) is 10.0 Å². The van der Waals surface area contributed by atoms with Crippen molar-refractivity contribution in [3.05, 3.63) is 55.7 Å². The van der Waals surface area contributed by atoms with Crippen molar-refractivity contribution in [2.45, 2.75) is 38.1 Å². The third-order valence-electron chi connectivity index (χ3n) is 4.23. The Morgan fingerprint density at radius 2 is 2.12 bits per heavy atom. The zero-order valence-electron chi connectivity index (χ0n) is 13.0. The highest BCUT2D eigenvalue weighted by molar-refractivity contribution is 6.42. The number of nitrogens with zero attached hydrogens (tertiary/aromatic N) is 3. The summed E-state index contributed by atoms with van der Waals surface area (Å²) in [7, 11) is 0. The molecule has 8 heteroatoms. The number of rotatable bonds is 5. The van der Waals surface area contributed by atoms with Gasteiger partial charge in [0.25, 0.3) is 6.04 Å². The number of aromatic amines is 1. The number of halogens is 2. The Bertz CT molecular complexity index is 803. The van der Waals surface area contributed by atoms with Gasteiger partial charge in [-0.1, -0.05) is 48.7 Å². The average molecular weight is 367 g/mol. The molecule has 1 aliphatic heterocycles. The maximum absolute atomic E-state index is 11.9. The van der Waals surface area contributed by atoms with Crippen LogP contribution in [0.1, 0.15) is 43.2 Å². The molecule has 1 aliphatic rings. The Morgan fingerprint density at radius 1 is 1.33 bits per heavy atom. The first-order chi connectivity index (χ1) is 11.5. The van der Waals surface area contributed by atoms with Gasteiger partial charge in [-0.15, -0.1) is 0 Å². The van der Waals surface area contributed by atoms with Crippen LogP contribution in [0.3, 0.4) is 0 Å². The topological polar surface area (TPSA) is 84.2 Å². The quantitative estimate of drug-likeness (QED) is 0.610. The Labute approximate surface area is 149 Å². The van der Waals surface area contributed by atoms with Gasteiger partial charge in [0.1, 0.15) is 0 Å². The summed E-state index contributed by atoms with van der Waals surface area (Å²) in [6, 6.07) is 4.21. The molecule has 126 valence electrons. The van der Waals surface area contributed by atoms with E-state index in [-0.39, 0.29) is 4.92 Å². The van der Waals surface area contributed by atoms with Gasteiger partial charge in [-0.05, 0) is 24.5 Å². The standard InChI is InChI=1S/C16H16Cl2N4O2/c1-2-3-7-12-15(22(23)24)13(10-8-19-21-16(10)20-12)9-5-4-6-11(17)14(9)18/h4-6,8,13,15H,2-3,7H2,1H3,(H,19,21). The molecule has 2 atom stereocenters. The summed E-state index contributed by atoms with van der Waals surface area (Å²) in [6.07, 6.45) is 3.91. The Hall–Kier alpha value is -1.92. The average Bonchev–Trinajstić information content (AvgIpc) is 3.02. The van der Waals surface area contributed by atoms with E-state index in [0.717, 1.165) is 12.8 Å². The highest BCUT2D eigenvalue weighted by Crippen LogP contribution is 2.43. The number of benzene rings is 1. The van der Waals surface area contributed by atoms with Gasteiger partial charge in [-0.3, -0.25) is 15.2 Å². The van der Waals surface area contributed by atoms with Gasteiger partial charge in [0, 0.05) is 10.5 Å². The second-order valence-corrected chi connectivity index (χ2v) is 6.52. The molecule has 2 unspecified atom stereocenters. The monoisotopic (exact) mass is 366 g/mol. The number of hydrogen-bond acceptors (Lipinski definition) is 4. The van der Waals surface area contributed by atoms with Crippen molar-refractivity contribution in [1.29, 1.82) is 0 Å². The van der Waals surface area contributed by atoms with E-state index in [0.29, 0.717) is 39.1 Å². The smallest absolute Gasteiger partial charge is 0.261 e. The van der Waals surface area contributed by atoms with Crippen LogP contribution in [0.5, 0.6) is 0 Å². The fraction of sp³-hybridized carbons (Fsp3) is 0.375. The molecule has 1 N–H and O–H groups in total. The molecule has 0 bridgehead atoms. The number of aromatic nitrogens is 2. The lowest BCUT2D eigenvalue weighted by Crippen LogP contribution is -2.38. The predicted octanol–water partition coefficient (Wildman–Crippen LogP) is 4.77. The summed E-state index contributed by atoms with van der Waals surface area (Å²) in [5.74, 6) is -0.00967. The minimum absolute atomic E-state index is 0.285. The molecule has 0 amide bonds. The van der Waals surface area contributed by atoms with Crippen molar-refractivity contribution >= 4 is 34.7 Å². The van der Waals surface area contributed by atoms with Gasteiger partial charge < -0.3 is 0 Å². The van der Waals surface area contributed by atoms with E-state index >= 15 is 0 Å². The Balaban J connectivity index is 2.17. The minimum Gasteiger partial charge on any atom is -0.264 e. The van der Waals surface area contributed by atoms with Crippen molar-refractivity contribution in [1.82, 2.24) is 10.2 Å². The molecular weight excluding hydrogens is 351 g/mol. The Morgan fingerprint density at radius 3 is 2.83 bits per heavy atom. The molecule has 1 aromatic carbocycles. The van der Waals surface area contributed by atoms with Crippen LogP contribution in [0, 0.1) is 10.1 Å². The molecule has 0 saturated carbocycles. The SMILES string of the molecule is CCCCC1=Nc2[nH]ncc2C(c2cccc(Cl)c2Cl)C1[N+](=O)[O-]. The summed E-state index contributed by atoms with van der Waals surface area (Å²) >= 11 is 12.5. The van der Waals surface area contributed by atoms with Crippen molar-refractivity contribution in [3.8, 4) is 0 Å². The number of H-pyrrole nitrogens is 1. The molecule has 2 aromatic rings. The van der Waals surface area contributed by atoms with Crippen LogP contribution >= 0.6 is 23.2 Å². The highest BCUT2D eigenvalue weighted by atomic mass is 35.5. The maximum Gasteiger partial charge on any atom is 0.261 e. The number of nitrogens with one attached hydrogen (secondary N) is 1. The van der Waals surface area contributed by atoms with E-state index in [1.54, 1.807) is 24.4 Å². The van der Waals surface area contributed by atoms with E-state index in [2.05, 4.69) is 15.2 Å². The van der Waals surface area contributed by atoms with E-state index in [4.69, 9.17) is 23.2 Å². The van der Waals surface area contributed by atoms with Crippen LogP contribution in [0.4, 0.5) is 5.82 Å². The molecule has 24 heavy (non-hydrogen) atoms. The van der Waals surface area contributed by atoms with Crippen LogP contribution in [-0.4, -0.2) is 26.9 Å². The van der Waals surface area contributed by atoms with E-state index in [1.807, 2.05) is 6.92 Å². The molecule has 2 heterocycles. The van der Waals surface area contributed by atoms with E-state index < -0.39 is 12.0 Å². The number of unbranched alkanes of at least 4 members (excludes halogenated alkanes) is 1. The predicted molar refractivity (Wildman–Crippen MR) is 94.3 cm³/mol.